The number of hydrogen-bond acceptors (Lipinski definition) is 2. The quantitative estimate of drug-likeness (QED) is 0.598. The Bertz CT molecular complexity index is 475. The van der Waals surface area contributed by atoms with Crippen molar-refractivity contribution in [1.29, 1.82) is 0 Å². The fraction of sp³-hybridized carbons (Fsp3) is 0.955. The van der Waals surface area contributed by atoms with Crippen molar-refractivity contribution in [2.24, 2.45) is 41.4 Å². The number of carbonyl (C=O) groups excluding carboxylic acids is 1. The second kappa shape index (κ2) is 8.00. The molecule has 0 radical (unpaired) electrons. The zero-order valence-corrected chi connectivity index (χ0v) is 17.9. The van der Waals surface area contributed by atoms with Crippen molar-refractivity contribution in [2.75, 3.05) is 5.33 Å². The Labute approximate surface area is 162 Å². The smallest absolute Gasteiger partial charge is 0.146 e. The molecule has 8 unspecified atom stereocenters. The largest absolute Gasteiger partial charge is 0.390 e. The van der Waals surface area contributed by atoms with Crippen molar-refractivity contribution in [1.82, 2.24) is 0 Å². The molecule has 8 atom stereocenters. The SMILES string of the molecule is CC1CCC(C(=O)CBr)CCCC2C1CC(C)C1CC(C)(O)CCC12. The number of halogens is 1. The Kier molecular flexibility index (Phi) is 6.36. The van der Waals surface area contributed by atoms with Crippen molar-refractivity contribution in [2.45, 2.75) is 84.2 Å². The van der Waals surface area contributed by atoms with Gasteiger partial charge in [0.05, 0.1) is 10.9 Å². The summed E-state index contributed by atoms with van der Waals surface area (Å²) < 4.78 is 0. The molecule has 3 rings (SSSR count). The van der Waals surface area contributed by atoms with Crippen molar-refractivity contribution in [3.8, 4) is 0 Å². The summed E-state index contributed by atoms with van der Waals surface area (Å²) >= 11 is 3.38. The molecule has 0 aromatic rings. The molecule has 3 aliphatic carbocycles. The first kappa shape index (κ1) is 19.9. The van der Waals surface area contributed by atoms with E-state index in [1.165, 1.54) is 32.1 Å². The van der Waals surface area contributed by atoms with Crippen LogP contribution in [0.25, 0.3) is 0 Å². The number of alkyl halides is 1. The minimum atomic E-state index is -0.445. The van der Waals surface area contributed by atoms with E-state index < -0.39 is 5.60 Å². The van der Waals surface area contributed by atoms with Crippen molar-refractivity contribution in [3.05, 3.63) is 0 Å². The van der Waals surface area contributed by atoms with Crippen LogP contribution in [0.15, 0.2) is 0 Å². The third kappa shape index (κ3) is 4.34. The first-order chi connectivity index (χ1) is 11.8. The number of carbonyl (C=O) groups is 1. The minimum Gasteiger partial charge on any atom is -0.390 e. The highest BCUT2D eigenvalue weighted by Gasteiger charge is 2.48. The van der Waals surface area contributed by atoms with E-state index in [1.807, 2.05) is 6.92 Å². The van der Waals surface area contributed by atoms with Crippen LogP contribution in [0.1, 0.15) is 78.6 Å². The summed E-state index contributed by atoms with van der Waals surface area (Å²) in [7, 11) is 0. The van der Waals surface area contributed by atoms with E-state index >= 15 is 0 Å². The molecular weight excluding hydrogens is 376 g/mol. The van der Waals surface area contributed by atoms with Crippen LogP contribution < -0.4 is 0 Å². The van der Waals surface area contributed by atoms with Gasteiger partial charge in [0, 0.05) is 5.92 Å². The first-order valence-corrected chi connectivity index (χ1v) is 11.8. The molecule has 0 heterocycles. The van der Waals surface area contributed by atoms with Gasteiger partial charge in [0.2, 0.25) is 0 Å². The summed E-state index contributed by atoms with van der Waals surface area (Å²) in [5.41, 5.74) is -0.445. The van der Waals surface area contributed by atoms with Gasteiger partial charge in [0.25, 0.3) is 0 Å². The van der Waals surface area contributed by atoms with Gasteiger partial charge in [-0.15, -0.1) is 0 Å². The monoisotopic (exact) mass is 412 g/mol. The summed E-state index contributed by atoms with van der Waals surface area (Å²) in [5, 5.41) is 11.1. The molecule has 25 heavy (non-hydrogen) atoms. The van der Waals surface area contributed by atoms with Crippen LogP contribution in [-0.2, 0) is 4.79 Å². The van der Waals surface area contributed by atoms with Gasteiger partial charge in [-0.25, -0.2) is 0 Å². The van der Waals surface area contributed by atoms with Crippen LogP contribution in [0.5, 0.6) is 0 Å². The normalized spacial score (nSPS) is 48.4. The zero-order valence-electron chi connectivity index (χ0n) is 16.3. The van der Waals surface area contributed by atoms with Crippen molar-refractivity contribution < 1.29 is 9.90 Å². The van der Waals surface area contributed by atoms with Gasteiger partial charge in [-0.3, -0.25) is 4.79 Å². The molecule has 0 amide bonds. The van der Waals surface area contributed by atoms with E-state index in [0.29, 0.717) is 17.0 Å². The predicted molar refractivity (Wildman–Crippen MR) is 107 cm³/mol. The molecule has 0 aromatic carbocycles. The van der Waals surface area contributed by atoms with Crippen molar-refractivity contribution in [3.63, 3.8) is 0 Å². The van der Waals surface area contributed by atoms with Gasteiger partial charge in [-0.2, -0.15) is 0 Å². The van der Waals surface area contributed by atoms with E-state index in [-0.39, 0.29) is 5.92 Å². The summed E-state index contributed by atoms with van der Waals surface area (Å²) in [6.07, 6.45) is 10.4. The maximum atomic E-state index is 12.2. The van der Waals surface area contributed by atoms with Gasteiger partial charge in [-0.1, -0.05) is 36.2 Å². The Balaban J connectivity index is 1.77. The Morgan fingerprint density at radius 3 is 2.44 bits per heavy atom. The van der Waals surface area contributed by atoms with Crippen LogP contribution in [0.2, 0.25) is 0 Å². The number of Topliss-reactive ketones (excluding diaryl/α,β-unsaturated/α-hetero) is 1. The molecule has 0 aromatic heterocycles. The lowest BCUT2D eigenvalue weighted by molar-refractivity contribution is -0.120. The van der Waals surface area contributed by atoms with Crippen molar-refractivity contribution >= 4 is 21.7 Å². The highest BCUT2D eigenvalue weighted by molar-refractivity contribution is 9.09. The van der Waals surface area contributed by atoms with E-state index in [9.17, 15) is 9.90 Å². The Morgan fingerprint density at radius 1 is 1.00 bits per heavy atom. The maximum absolute atomic E-state index is 12.2. The van der Waals surface area contributed by atoms with Gasteiger partial charge < -0.3 is 5.11 Å². The third-order valence-electron chi connectivity index (χ3n) is 8.09. The molecule has 0 aliphatic heterocycles. The third-order valence-corrected chi connectivity index (χ3v) is 8.65. The lowest BCUT2D eigenvalue weighted by Gasteiger charge is -2.53. The van der Waals surface area contributed by atoms with E-state index in [2.05, 4.69) is 29.8 Å². The van der Waals surface area contributed by atoms with Crippen LogP contribution in [0, 0.1) is 41.4 Å². The maximum Gasteiger partial charge on any atom is 0.146 e. The second-order valence-electron chi connectivity index (χ2n) is 9.89. The van der Waals surface area contributed by atoms with Crippen LogP contribution in [0.4, 0.5) is 0 Å². The topological polar surface area (TPSA) is 37.3 Å². The molecule has 0 spiro atoms. The number of ketones is 1. The summed E-state index contributed by atoms with van der Waals surface area (Å²) in [5.74, 6) is 5.33. The second-order valence-corrected chi connectivity index (χ2v) is 10.5. The lowest BCUT2D eigenvalue weighted by Crippen LogP contribution is -2.48. The van der Waals surface area contributed by atoms with E-state index in [4.69, 9.17) is 0 Å². The summed E-state index contributed by atoms with van der Waals surface area (Å²) in [4.78, 5) is 12.2. The Hall–Kier alpha value is 0.110. The van der Waals surface area contributed by atoms with E-state index in [1.54, 1.807) is 0 Å². The fourth-order valence-corrected chi connectivity index (χ4v) is 7.10. The van der Waals surface area contributed by atoms with Gasteiger partial charge >= 0.3 is 0 Å². The number of hydrogen-bond donors (Lipinski definition) is 1. The molecule has 0 bridgehead atoms. The average Bonchev–Trinajstić information content (AvgIpc) is 2.64. The highest BCUT2D eigenvalue weighted by atomic mass is 79.9. The summed E-state index contributed by atoms with van der Waals surface area (Å²) in [6, 6.07) is 0. The Morgan fingerprint density at radius 2 is 1.72 bits per heavy atom. The molecule has 3 saturated carbocycles. The predicted octanol–water partition coefficient (Wildman–Crippen LogP) is 5.61. The van der Waals surface area contributed by atoms with Gasteiger partial charge in [-0.05, 0) is 93.8 Å². The number of fused-ring (bicyclic) bond motifs is 3. The molecule has 3 aliphatic rings. The minimum absolute atomic E-state index is 0.280. The molecular formula is C22H37BrO2. The first-order valence-electron chi connectivity index (χ1n) is 10.6. The summed E-state index contributed by atoms with van der Waals surface area (Å²) in [6.45, 7) is 6.93. The number of rotatable bonds is 2. The molecule has 144 valence electrons. The molecule has 0 saturated heterocycles. The van der Waals surface area contributed by atoms with Crippen LogP contribution in [0.3, 0.4) is 0 Å². The molecule has 3 heteroatoms. The fourth-order valence-electron chi connectivity index (χ4n) is 6.64. The number of aliphatic hydroxyl groups is 1. The highest BCUT2D eigenvalue weighted by Crippen LogP contribution is 2.55. The molecule has 1 N–H and O–H groups in total. The lowest BCUT2D eigenvalue weighted by atomic mass is 9.53. The zero-order chi connectivity index (χ0) is 18.2. The standard InChI is InChI=1S/C22H37BrO2/c1-14-7-8-16(21(24)13-23)5-4-6-17-18-9-10-22(3,25)12-20(18)15(2)11-19(14)17/h14-20,25H,4-13H2,1-3H3. The molecule has 2 nitrogen and oxygen atoms in total. The van der Waals surface area contributed by atoms with Gasteiger partial charge in [0.15, 0.2) is 0 Å². The van der Waals surface area contributed by atoms with Crippen LogP contribution >= 0.6 is 15.9 Å². The van der Waals surface area contributed by atoms with Gasteiger partial charge in [0.1, 0.15) is 5.78 Å². The van der Waals surface area contributed by atoms with Crippen LogP contribution in [-0.4, -0.2) is 21.8 Å². The average molecular weight is 413 g/mol. The molecule has 3 fully saturated rings. The van der Waals surface area contributed by atoms with E-state index in [0.717, 1.165) is 55.3 Å².